The highest BCUT2D eigenvalue weighted by molar-refractivity contribution is 5.27. The lowest BCUT2D eigenvalue weighted by Gasteiger charge is -2.58. The molecule has 0 aromatic heterocycles. The van der Waals surface area contributed by atoms with E-state index in [1.807, 2.05) is 0 Å². The van der Waals surface area contributed by atoms with Crippen LogP contribution in [0.1, 0.15) is 91.4 Å². The third-order valence-electron chi connectivity index (χ3n) is 10.7. The van der Waals surface area contributed by atoms with Crippen LogP contribution in [0.3, 0.4) is 0 Å². The fourth-order valence-electron chi connectivity index (χ4n) is 8.98. The second kappa shape index (κ2) is 9.07. The summed E-state index contributed by atoms with van der Waals surface area (Å²) in [5.74, 6) is 4.87. The van der Waals surface area contributed by atoms with Crippen molar-refractivity contribution < 1.29 is 27.8 Å². The molecule has 0 aromatic carbocycles. The van der Waals surface area contributed by atoms with Crippen molar-refractivity contribution in [3.05, 3.63) is 11.6 Å². The highest BCUT2D eigenvalue weighted by atomic mass is 19.4. The van der Waals surface area contributed by atoms with Crippen LogP contribution in [0.2, 0.25) is 0 Å². The zero-order valence-corrected chi connectivity index (χ0v) is 21.4. The second-order valence-electron chi connectivity index (χ2n) is 12.6. The molecule has 3 nitrogen and oxygen atoms in total. The molecule has 0 amide bonds. The Balaban J connectivity index is 1.31. The molecular weight excluding hydrogens is 453 g/mol. The van der Waals surface area contributed by atoms with Gasteiger partial charge < -0.3 is 14.6 Å². The van der Waals surface area contributed by atoms with E-state index in [1.54, 1.807) is 5.57 Å². The maximum absolute atomic E-state index is 12.8. The first kappa shape index (κ1) is 25.6. The maximum atomic E-state index is 12.8. The van der Waals surface area contributed by atoms with Gasteiger partial charge in [-0.1, -0.05) is 31.4 Å². The van der Waals surface area contributed by atoms with Crippen LogP contribution in [0.5, 0.6) is 0 Å². The number of halogens is 3. The summed E-state index contributed by atoms with van der Waals surface area (Å²) in [6.45, 7) is 6.96. The topological polar surface area (TPSA) is 38.7 Å². The molecule has 0 aromatic rings. The third-order valence-corrected chi connectivity index (χ3v) is 10.7. The monoisotopic (exact) mass is 494 g/mol. The first-order valence-electron chi connectivity index (χ1n) is 13.7. The number of rotatable bonds is 3. The van der Waals surface area contributed by atoms with Gasteiger partial charge in [-0.15, -0.1) is 0 Å². The Labute approximate surface area is 208 Å². The van der Waals surface area contributed by atoms with E-state index in [4.69, 9.17) is 9.47 Å². The number of fused-ring (bicyclic) bond motifs is 5. The Kier molecular flexibility index (Phi) is 6.63. The van der Waals surface area contributed by atoms with Crippen LogP contribution in [0.4, 0.5) is 13.2 Å². The van der Waals surface area contributed by atoms with Gasteiger partial charge in [0.1, 0.15) is 5.60 Å². The molecule has 1 aliphatic heterocycles. The first-order chi connectivity index (χ1) is 16.4. The number of alkyl halides is 3. The van der Waals surface area contributed by atoms with Crippen LogP contribution < -0.4 is 0 Å². The van der Waals surface area contributed by atoms with Gasteiger partial charge in [-0.25, -0.2) is 0 Å². The van der Waals surface area contributed by atoms with Crippen LogP contribution in [0.15, 0.2) is 11.6 Å². The largest absolute Gasteiger partial charge is 0.457 e. The highest BCUT2D eigenvalue weighted by Gasteiger charge is 2.61. The average Bonchev–Trinajstić information content (AvgIpc) is 3.16. The van der Waals surface area contributed by atoms with Gasteiger partial charge in [-0.05, 0) is 106 Å². The summed E-state index contributed by atoms with van der Waals surface area (Å²) in [7, 11) is 0. The summed E-state index contributed by atoms with van der Waals surface area (Å²) in [4.78, 5) is 0. The van der Waals surface area contributed by atoms with Crippen molar-refractivity contribution in [1.29, 1.82) is 0 Å². The van der Waals surface area contributed by atoms with E-state index in [0.29, 0.717) is 17.8 Å². The molecule has 5 aliphatic rings. The van der Waals surface area contributed by atoms with Gasteiger partial charge in [0.15, 0.2) is 6.29 Å². The van der Waals surface area contributed by atoms with Gasteiger partial charge in [0, 0.05) is 18.4 Å². The van der Waals surface area contributed by atoms with Crippen molar-refractivity contribution in [1.82, 2.24) is 0 Å². The standard InChI is InChI=1S/C29H41F3O3/c1-26-13-11-20(35-25-6-4-5-17-34-25)18-19(26)7-8-21-22-9-10-24(27(22,2)14-12-23(21)26)28(3,33)15-16-29(30,31)32/h7,20-25,33H,4-6,8-14,17-18H2,1-3H3. The van der Waals surface area contributed by atoms with E-state index in [1.165, 1.54) is 19.3 Å². The SMILES string of the molecule is CC(O)(C#CC(F)(F)F)C1CCC2C3CC=C4CC(OC5CCCCO5)CCC4(C)C3CCC21C. The zero-order valence-electron chi connectivity index (χ0n) is 21.4. The number of allylic oxidation sites excluding steroid dienone is 1. The van der Waals surface area contributed by atoms with Gasteiger partial charge in [0.25, 0.3) is 0 Å². The first-order valence-corrected chi connectivity index (χ1v) is 13.7. The molecule has 6 heteroatoms. The fraction of sp³-hybridized carbons (Fsp3) is 0.862. The molecule has 4 fully saturated rings. The molecule has 196 valence electrons. The third kappa shape index (κ3) is 4.71. The maximum Gasteiger partial charge on any atom is 0.457 e. The van der Waals surface area contributed by atoms with Crippen LogP contribution in [-0.4, -0.2) is 35.9 Å². The smallest absolute Gasteiger partial charge is 0.378 e. The molecule has 4 aliphatic carbocycles. The quantitative estimate of drug-likeness (QED) is 0.347. The van der Waals surface area contributed by atoms with E-state index in [-0.39, 0.29) is 29.1 Å². The van der Waals surface area contributed by atoms with E-state index in [0.717, 1.165) is 70.8 Å². The van der Waals surface area contributed by atoms with Gasteiger partial charge in [-0.3, -0.25) is 0 Å². The number of hydrogen-bond acceptors (Lipinski definition) is 3. The molecule has 35 heavy (non-hydrogen) atoms. The lowest BCUT2D eigenvalue weighted by Crippen LogP contribution is -2.53. The summed E-state index contributed by atoms with van der Waals surface area (Å²) in [5.41, 5.74) is -0.0753. The zero-order chi connectivity index (χ0) is 25.1. The minimum Gasteiger partial charge on any atom is -0.378 e. The molecule has 1 saturated heterocycles. The molecule has 0 radical (unpaired) electrons. The Morgan fingerprint density at radius 2 is 1.83 bits per heavy atom. The van der Waals surface area contributed by atoms with Crippen molar-refractivity contribution in [2.24, 2.45) is 34.5 Å². The predicted molar refractivity (Wildman–Crippen MR) is 128 cm³/mol. The van der Waals surface area contributed by atoms with E-state index < -0.39 is 11.8 Å². The van der Waals surface area contributed by atoms with Crippen molar-refractivity contribution in [2.45, 2.75) is 116 Å². The molecule has 3 saturated carbocycles. The van der Waals surface area contributed by atoms with E-state index >= 15 is 0 Å². The normalized spacial score (nSPS) is 45.2. The molecule has 1 N–H and O–H groups in total. The Morgan fingerprint density at radius 1 is 1.03 bits per heavy atom. The number of aliphatic hydroxyl groups is 1. The minimum atomic E-state index is -4.58. The van der Waals surface area contributed by atoms with E-state index in [9.17, 15) is 18.3 Å². The summed E-state index contributed by atoms with van der Waals surface area (Å²) in [6.07, 6.45) is 9.33. The van der Waals surface area contributed by atoms with Crippen LogP contribution in [0.25, 0.3) is 0 Å². The van der Waals surface area contributed by atoms with Gasteiger partial charge in [-0.2, -0.15) is 13.2 Å². The minimum absolute atomic E-state index is 0.0471. The van der Waals surface area contributed by atoms with Gasteiger partial charge in [0.2, 0.25) is 0 Å². The van der Waals surface area contributed by atoms with Crippen molar-refractivity contribution in [3.8, 4) is 11.8 Å². The lowest BCUT2D eigenvalue weighted by atomic mass is 9.47. The van der Waals surface area contributed by atoms with E-state index in [2.05, 4.69) is 25.8 Å². The van der Waals surface area contributed by atoms with Gasteiger partial charge >= 0.3 is 6.18 Å². The molecule has 5 rings (SSSR count). The summed E-state index contributed by atoms with van der Waals surface area (Å²) >= 11 is 0. The second-order valence-corrected chi connectivity index (χ2v) is 12.6. The number of ether oxygens (including phenoxy) is 2. The summed E-state index contributed by atoms with van der Waals surface area (Å²) in [5, 5.41) is 11.1. The Hall–Kier alpha value is -1.03. The van der Waals surface area contributed by atoms with Crippen LogP contribution in [-0.2, 0) is 9.47 Å². The summed E-state index contributed by atoms with van der Waals surface area (Å²) < 4.78 is 50.5. The Morgan fingerprint density at radius 3 is 2.54 bits per heavy atom. The molecule has 0 spiro atoms. The average molecular weight is 495 g/mol. The predicted octanol–water partition coefficient (Wildman–Crippen LogP) is 6.79. The molecule has 9 unspecified atom stereocenters. The van der Waals surface area contributed by atoms with Crippen molar-refractivity contribution in [2.75, 3.05) is 6.61 Å². The fourth-order valence-corrected chi connectivity index (χ4v) is 8.98. The summed E-state index contributed by atoms with van der Waals surface area (Å²) in [6, 6.07) is 0. The van der Waals surface area contributed by atoms with Crippen LogP contribution >= 0.6 is 0 Å². The molecular formula is C29H41F3O3. The lowest BCUT2D eigenvalue weighted by molar-refractivity contribution is -0.195. The molecule has 0 bridgehead atoms. The highest BCUT2D eigenvalue weighted by Crippen LogP contribution is 2.67. The Bertz CT molecular complexity index is 893. The molecule has 1 heterocycles. The van der Waals surface area contributed by atoms with Crippen molar-refractivity contribution >= 4 is 0 Å². The number of hydrogen-bond donors (Lipinski definition) is 1. The van der Waals surface area contributed by atoms with Gasteiger partial charge in [0.05, 0.1) is 6.10 Å². The molecule has 9 atom stereocenters. The van der Waals surface area contributed by atoms with Crippen molar-refractivity contribution in [3.63, 3.8) is 0 Å². The van der Waals surface area contributed by atoms with Crippen LogP contribution in [0, 0.1) is 46.3 Å².